The van der Waals surface area contributed by atoms with Crippen LogP contribution in [0.1, 0.15) is 32.7 Å². The van der Waals surface area contributed by atoms with E-state index in [1.54, 1.807) is 26.1 Å². The van der Waals surface area contributed by atoms with Crippen LogP contribution in [-0.4, -0.2) is 20.3 Å². The summed E-state index contributed by atoms with van der Waals surface area (Å²) >= 11 is 0. The first-order valence-corrected chi connectivity index (χ1v) is 7.82. The zero-order valence-electron chi connectivity index (χ0n) is 14.2. The Kier molecular flexibility index (Phi) is 4.22. The number of aromatic amines is 1. The Bertz CT molecular complexity index is 1100. The van der Waals surface area contributed by atoms with Gasteiger partial charge in [-0.1, -0.05) is 6.07 Å². The molecule has 0 aromatic carbocycles. The molecule has 0 aliphatic rings. The molecular formula is C18H18N4O3. The maximum Gasteiger partial charge on any atom is 0.270 e. The van der Waals surface area contributed by atoms with Crippen molar-refractivity contribution in [2.75, 3.05) is 0 Å². The second-order valence-electron chi connectivity index (χ2n) is 6.04. The second kappa shape index (κ2) is 6.35. The number of nitrogens with one attached hydrogen (secondary N) is 2. The van der Waals surface area contributed by atoms with Crippen LogP contribution in [0.3, 0.4) is 0 Å². The van der Waals surface area contributed by atoms with Gasteiger partial charge in [0.15, 0.2) is 0 Å². The van der Waals surface area contributed by atoms with Crippen LogP contribution in [-0.2, 0) is 6.54 Å². The third kappa shape index (κ3) is 3.21. The van der Waals surface area contributed by atoms with Gasteiger partial charge in [-0.05, 0) is 44.0 Å². The number of fused-ring (bicyclic) bond motifs is 1. The van der Waals surface area contributed by atoms with Crippen molar-refractivity contribution in [1.29, 1.82) is 0 Å². The monoisotopic (exact) mass is 338 g/mol. The lowest BCUT2D eigenvalue weighted by molar-refractivity contribution is 0.0948. The molecule has 0 saturated heterocycles. The van der Waals surface area contributed by atoms with Gasteiger partial charge in [-0.15, -0.1) is 0 Å². The number of hydrogen-bond acceptors (Lipinski definition) is 4. The molecule has 0 saturated carbocycles. The van der Waals surface area contributed by atoms with Gasteiger partial charge in [0.25, 0.3) is 17.0 Å². The lowest BCUT2D eigenvalue weighted by atomic mass is 10.1. The van der Waals surface area contributed by atoms with Crippen molar-refractivity contribution in [3.05, 3.63) is 79.2 Å². The summed E-state index contributed by atoms with van der Waals surface area (Å²) in [6, 6.07) is 5.39. The molecule has 7 nitrogen and oxygen atoms in total. The predicted octanol–water partition coefficient (Wildman–Crippen LogP) is 1.24. The van der Waals surface area contributed by atoms with Gasteiger partial charge >= 0.3 is 0 Å². The Labute approximate surface area is 143 Å². The molecule has 0 atom stereocenters. The standard InChI is InChI=1S/C18H18N4O3/c1-10-4-5-15-19-8-14(18(25)22(15)9-10)16(23)20-7-13-11(2)6-12(3)21-17(13)24/h4-6,8-9H,7H2,1-3H3,(H,20,23)(H,21,24). The Balaban J connectivity index is 1.90. The van der Waals surface area contributed by atoms with Crippen LogP contribution in [0.2, 0.25) is 0 Å². The SMILES string of the molecule is Cc1ccc2ncc(C(=O)NCc3c(C)cc(C)[nH]c3=O)c(=O)n2c1. The lowest BCUT2D eigenvalue weighted by Gasteiger charge is -2.09. The molecule has 128 valence electrons. The number of carbonyl (C=O) groups is 1. The highest BCUT2D eigenvalue weighted by Gasteiger charge is 2.14. The fourth-order valence-corrected chi connectivity index (χ4v) is 2.70. The van der Waals surface area contributed by atoms with Gasteiger partial charge in [-0.2, -0.15) is 0 Å². The molecule has 3 rings (SSSR count). The quantitative estimate of drug-likeness (QED) is 0.751. The Hall–Kier alpha value is -3.22. The molecule has 2 N–H and O–H groups in total. The van der Waals surface area contributed by atoms with Gasteiger partial charge in [0.05, 0.1) is 0 Å². The van der Waals surface area contributed by atoms with Crippen molar-refractivity contribution in [2.45, 2.75) is 27.3 Å². The molecule has 0 unspecified atom stereocenters. The predicted molar refractivity (Wildman–Crippen MR) is 93.9 cm³/mol. The highest BCUT2D eigenvalue weighted by Crippen LogP contribution is 2.04. The lowest BCUT2D eigenvalue weighted by Crippen LogP contribution is -2.33. The molecule has 0 bridgehead atoms. The first-order valence-electron chi connectivity index (χ1n) is 7.82. The van der Waals surface area contributed by atoms with Gasteiger partial charge < -0.3 is 10.3 Å². The third-order valence-electron chi connectivity index (χ3n) is 4.01. The van der Waals surface area contributed by atoms with Crippen LogP contribution in [0.4, 0.5) is 0 Å². The number of nitrogens with zero attached hydrogens (tertiary/aromatic N) is 2. The van der Waals surface area contributed by atoms with Crippen LogP contribution < -0.4 is 16.4 Å². The van der Waals surface area contributed by atoms with Crippen LogP contribution >= 0.6 is 0 Å². The molecule has 1 amide bonds. The van der Waals surface area contributed by atoms with Gasteiger partial charge in [-0.3, -0.25) is 18.8 Å². The summed E-state index contributed by atoms with van der Waals surface area (Å²) in [5.74, 6) is -0.562. The number of aromatic nitrogens is 3. The Morgan fingerprint density at radius 3 is 2.72 bits per heavy atom. The van der Waals surface area contributed by atoms with Crippen molar-refractivity contribution >= 4 is 11.6 Å². The summed E-state index contributed by atoms with van der Waals surface area (Å²) in [6.07, 6.45) is 2.89. The number of carbonyl (C=O) groups excluding carboxylic acids is 1. The zero-order chi connectivity index (χ0) is 18.1. The fraction of sp³-hybridized carbons (Fsp3) is 0.222. The van der Waals surface area contributed by atoms with Crippen molar-refractivity contribution in [1.82, 2.24) is 19.7 Å². The molecule has 0 aliphatic carbocycles. The largest absolute Gasteiger partial charge is 0.348 e. The molecule has 3 aromatic heterocycles. The summed E-state index contributed by atoms with van der Waals surface area (Å²) in [6.45, 7) is 5.49. The van der Waals surface area contributed by atoms with E-state index >= 15 is 0 Å². The van der Waals surface area contributed by atoms with Gasteiger partial charge in [0.2, 0.25) is 0 Å². The van der Waals surface area contributed by atoms with E-state index in [4.69, 9.17) is 0 Å². The first kappa shape index (κ1) is 16.6. The minimum absolute atomic E-state index is 0.0379. The van der Waals surface area contributed by atoms with Crippen LogP contribution in [0.5, 0.6) is 0 Å². The Morgan fingerprint density at radius 1 is 1.24 bits per heavy atom. The summed E-state index contributed by atoms with van der Waals surface area (Å²) in [5.41, 5.74) is 2.60. The van der Waals surface area contributed by atoms with E-state index < -0.39 is 11.5 Å². The highest BCUT2D eigenvalue weighted by molar-refractivity contribution is 5.93. The minimum Gasteiger partial charge on any atom is -0.348 e. The number of pyridine rings is 2. The van der Waals surface area contributed by atoms with Crippen molar-refractivity contribution in [3.63, 3.8) is 0 Å². The number of hydrogen-bond donors (Lipinski definition) is 2. The summed E-state index contributed by atoms with van der Waals surface area (Å²) < 4.78 is 1.34. The van der Waals surface area contributed by atoms with Crippen LogP contribution in [0, 0.1) is 20.8 Å². The molecule has 3 heterocycles. The molecule has 0 fully saturated rings. The molecule has 0 radical (unpaired) electrons. The van der Waals surface area contributed by atoms with Gasteiger partial charge in [-0.25, -0.2) is 4.98 Å². The van der Waals surface area contributed by atoms with E-state index in [0.29, 0.717) is 11.2 Å². The van der Waals surface area contributed by atoms with Crippen molar-refractivity contribution < 1.29 is 4.79 Å². The van der Waals surface area contributed by atoms with E-state index in [9.17, 15) is 14.4 Å². The molecule has 0 aliphatic heterocycles. The van der Waals surface area contributed by atoms with Gasteiger partial charge in [0, 0.05) is 30.2 Å². The molecule has 3 aromatic rings. The summed E-state index contributed by atoms with van der Waals surface area (Å²) in [7, 11) is 0. The van der Waals surface area contributed by atoms with E-state index in [1.165, 1.54) is 10.6 Å². The van der Waals surface area contributed by atoms with Crippen molar-refractivity contribution in [3.8, 4) is 0 Å². The number of aryl methyl sites for hydroxylation is 3. The average Bonchev–Trinajstić information content (AvgIpc) is 2.54. The summed E-state index contributed by atoms with van der Waals surface area (Å²) in [5, 5.41) is 2.62. The first-order chi connectivity index (χ1) is 11.9. The third-order valence-corrected chi connectivity index (χ3v) is 4.01. The zero-order valence-corrected chi connectivity index (χ0v) is 14.2. The van der Waals surface area contributed by atoms with E-state index in [-0.39, 0.29) is 17.7 Å². The Morgan fingerprint density at radius 2 is 2.00 bits per heavy atom. The van der Waals surface area contributed by atoms with Crippen molar-refractivity contribution in [2.24, 2.45) is 0 Å². The highest BCUT2D eigenvalue weighted by atomic mass is 16.2. The number of amides is 1. The van der Waals surface area contributed by atoms with E-state index in [0.717, 1.165) is 16.8 Å². The van der Waals surface area contributed by atoms with Gasteiger partial charge in [0.1, 0.15) is 11.2 Å². The normalized spacial score (nSPS) is 10.8. The molecule has 0 spiro atoms. The topological polar surface area (TPSA) is 96.3 Å². The number of rotatable bonds is 3. The maximum absolute atomic E-state index is 12.5. The smallest absolute Gasteiger partial charge is 0.270 e. The maximum atomic E-state index is 12.5. The minimum atomic E-state index is -0.562. The molecule has 25 heavy (non-hydrogen) atoms. The van der Waals surface area contributed by atoms with E-state index in [1.807, 2.05) is 19.1 Å². The summed E-state index contributed by atoms with van der Waals surface area (Å²) in [4.78, 5) is 43.7. The average molecular weight is 338 g/mol. The van der Waals surface area contributed by atoms with Crippen LogP contribution in [0.25, 0.3) is 5.65 Å². The number of H-pyrrole nitrogens is 1. The second-order valence-corrected chi connectivity index (χ2v) is 6.04. The van der Waals surface area contributed by atoms with E-state index in [2.05, 4.69) is 15.3 Å². The van der Waals surface area contributed by atoms with Crippen LogP contribution in [0.15, 0.2) is 40.2 Å². The fourth-order valence-electron chi connectivity index (χ4n) is 2.70. The molecule has 7 heteroatoms. The molecular weight excluding hydrogens is 320 g/mol.